The van der Waals surface area contributed by atoms with Crippen LogP contribution in [0.4, 0.5) is 5.69 Å². The SMILES string of the molecule is Cc1ccc(N=C2SC(C)CN2C)cc1. The molecule has 1 heterocycles. The minimum Gasteiger partial charge on any atom is -0.353 e. The van der Waals surface area contributed by atoms with Crippen LogP contribution in [-0.4, -0.2) is 28.9 Å². The summed E-state index contributed by atoms with van der Waals surface area (Å²) in [5.74, 6) is 0. The summed E-state index contributed by atoms with van der Waals surface area (Å²) >= 11 is 1.85. The number of aliphatic imine (C=N–C) groups is 1. The van der Waals surface area contributed by atoms with Gasteiger partial charge in [-0.05, 0) is 19.1 Å². The van der Waals surface area contributed by atoms with E-state index in [0.29, 0.717) is 5.25 Å². The highest BCUT2D eigenvalue weighted by atomic mass is 32.2. The molecule has 2 nitrogen and oxygen atoms in total. The fraction of sp³-hybridized carbons (Fsp3) is 0.417. The van der Waals surface area contributed by atoms with Crippen LogP contribution in [0.5, 0.6) is 0 Å². The van der Waals surface area contributed by atoms with Gasteiger partial charge in [0.1, 0.15) is 0 Å². The van der Waals surface area contributed by atoms with Gasteiger partial charge in [-0.15, -0.1) is 0 Å². The maximum atomic E-state index is 4.64. The number of hydrogen-bond donors (Lipinski definition) is 0. The summed E-state index contributed by atoms with van der Waals surface area (Å²) in [4.78, 5) is 6.85. The standard InChI is InChI=1S/C12H16N2S/c1-9-4-6-11(7-5-9)13-12-14(3)8-10(2)15-12/h4-7,10H,8H2,1-3H3. The zero-order chi connectivity index (χ0) is 10.8. The van der Waals surface area contributed by atoms with E-state index in [4.69, 9.17) is 0 Å². The number of benzene rings is 1. The van der Waals surface area contributed by atoms with Gasteiger partial charge in [0, 0.05) is 18.8 Å². The third-order valence-corrected chi connectivity index (χ3v) is 3.59. The van der Waals surface area contributed by atoms with E-state index in [1.807, 2.05) is 11.8 Å². The van der Waals surface area contributed by atoms with Crippen molar-refractivity contribution in [2.45, 2.75) is 19.1 Å². The van der Waals surface area contributed by atoms with Gasteiger partial charge in [-0.2, -0.15) is 0 Å². The largest absolute Gasteiger partial charge is 0.353 e. The molecule has 0 saturated carbocycles. The molecule has 1 aromatic carbocycles. The van der Waals surface area contributed by atoms with Gasteiger partial charge in [0.15, 0.2) is 5.17 Å². The lowest BCUT2D eigenvalue weighted by atomic mass is 10.2. The third kappa shape index (κ3) is 2.53. The second-order valence-electron chi connectivity index (χ2n) is 4.04. The molecule has 1 atom stereocenters. The molecule has 1 unspecified atom stereocenters. The van der Waals surface area contributed by atoms with Gasteiger partial charge >= 0.3 is 0 Å². The van der Waals surface area contributed by atoms with Crippen LogP contribution in [0, 0.1) is 6.92 Å². The predicted octanol–water partition coefficient (Wildman–Crippen LogP) is 3.05. The normalized spacial score (nSPS) is 23.8. The Morgan fingerprint density at radius 2 is 2.00 bits per heavy atom. The maximum absolute atomic E-state index is 4.64. The first kappa shape index (κ1) is 10.6. The highest BCUT2D eigenvalue weighted by molar-refractivity contribution is 8.14. The minimum atomic E-state index is 0.652. The second-order valence-corrected chi connectivity index (χ2v) is 5.44. The first-order chi connectivity index (χ1) is 7.15. The van der Waals surface area contributed by atoms with Crippen molar-refractivity contribution >= 4 is 22.6 Å². The molecule has 0 aromatic heterocycles. The van der Waals surface area contributed by atoms with Crippen molar-refractivity contribution in [2.24, 2.45) is 4.99 Å². The number of rotatable bonds is 1. The Morgan fingerprint density at radius 3 is 2.53 bits per heavy atom. The molecule has 1 fully saturated rings. The van der Waals surface area contributed by atoms with Crippen LogP contribution in [0.15, 0.2) is 29.3 Å². The van der Waals surface area contributed by atoms with Crippen LogP contribution in [-0.2, 0) is 0 Å². The molecule has 1 aliphatic heterocycles. The zero-order valence-electron chi connectivity index (χ0n) is 9.40. The summed E-state index contributed by atoms with van der Waals surface area (Å²) in [5, 5.41) is 1.78. The van der Waals surface area contributed by atoms with E-state index >= 15 is 0 Å². The molecule has 0 N–H and O–H groups in total. The van der Waals surface area contributed by atoms with Crippen LogP contribution in [0.3, 0.4) is 0 Å². The summed E-state index contributed by atoms with van der Waals surface area (Å²) in [6.07, 6.45) is 0. The summed E-state index contributed by atoms with van der Waals surface area (Å²) in [7, 11) is 2.10. The van der Waals surface area contributed by atoms with Crippen LogP contribution < -0.4 is 0 Å². The fourth-order valence-electron chi connectivity index (χ4n) is 1.61. The topological polar surface area (TPSA) is 15.6 Å². The molecule has 3 heteroatoms. The van der Waals surface area contributed by atoms with Gasteiger partial charge in [0.05, 0.1) is 5.69 Å². The Bertz CT molecular complexity index is 370. The van der Waals surface area contributed by atoms with E-state index in [0.717, 1.165) is 17.4 Å². The summed E-state index contributed by atoms with van der Waals surface area (Å²) in [6.45, 7) is 5.42. The molecular formula is C12H16N2S. The van der Waals surface area contributed by atoms with Crippen LogP contribution in [0.25, 0.3) is 0 Å². The van der Waals surface area contributed by atoms with Gasteiger partial charge in [-0.3, -0.25) is 0 Å². The highest BCUT2D eigenvalue weighted by Crippen LogP contribution is 2.26. The summed E-state index contributed by atoms with van der Waals surface area (Å²) in [5.41, 5.74) is 2.32. The predicted molar refractivity (Wildman–Crippen MR) is 68.0 cm³/mol. The smallest absolute Gasteiger partial charge is 0.164 e. The van der Waals surface area contributed by atoms with E-state index in [9.17, 15) is 0 Å². The summed E-state index contributed by atoms with van der Waals surface area (Å²) in [6, 6.07) is 8.34. The maximum Gasteiger partial charge on any atom is 0.164 e. The van der Waals surface area contributed by atoms with E-state index < -0.39 is 0 Å². The van der Waals surface area contributed by atoms with Crippen LogP contribution in [0.2, 0.25) is 0 Å². The molecule has 15 heavy (non-hydrogen) atoms. The average molecular weight is 220 g/mol. The lowest BCUT2D eigenvalue weighted by molar-refractivity contribution is 0.533. The molecule has 2 rings (SSSR count). The van der Waals surface area contributed by atoms with Crippen LogP contribution >= 0.6 is 11.8 Å². The lowest BCUT2D eigenvalue weighted by Crippen LogP contribution is -2.19. The zero-order valence-corrected chi connectivity index (χ0v) is 10.2. The van der Waals surface area contributed by atoms with Crippen molar-refractivity contribution in [1.29, 1.82) is 0 Å². The minimum absolute atomic E-state index is 0.652. The van der Waals surface area contributed by atoms with Gasteiger partial charge < -0.3 is 4.90 Å². The first-order valence-electron chi connectivity index (χ1n) is 5.18. The fourth-order valence-corrected chi connectivity index (χ4v) is 2.68. The molecule has 1 aromatic rings. The Kier molecular flexibility index (Phi) is 3.00. The van der Waals surface area contributed by atoms with Crippen LogP contribution in [0.1, 0.15) is 12.5 Å². The van der Waals surface area contributed by atoms with Crippen molar-refractivity contribution in [2.75, 3.05) is 13.6 Å². The Balaban J connectivity index is 2.19. The van der Waals surface area contributed by atoms with E-state index in [2.05, 4.69) is 55.1 Å². The second kappa shape index (κ2) is 4.27. The monoisotopic (exact) mass is 220 g/mol. The number of hydrogen-bond acceptors (Lipinski definition) is 2. The third-order valence-electron chi connectivity index (χ3n) is 2.42. The van der Waals surface area contributed by atoms with Gasteiger partial charge in [0.25, 0.3) is 0 Å². The molecule has 0 radical (unpaired) electrons. The van der Waals surface area contributed by atoms with Crippen molar-refractivity contribution < 1.29 is 0 Å². The highest BCUT2D eigenvalue weighted by Gasteiger charge is 2.22. The molecule has 0 bridgehead atoms. The molecular weight excluding hydrogens is 204 g/mol. The Morgan fingerprint density at radius 1 is 1.33 bits per heavy atom. The average Bonchev–Trinajstić information content (AvgIpc) is 2.49. The number of aryl methyl sites for hydroxylation is 1. The molecule has 0 amide bonds. The van der Waals surface area contributed by atoms with Crippen molar-refractivity contribution in [1.82, 2.24) is 4.90 Å². The number of amidine groups is 1. The quantitative estimate of drug-likeness (QED) is 0.723. The molecule has 0 spiro atoms. The van der Waals surface area contributed by atoms with E-state index in [1.165, 1.54) is 5.56 Å². The summed E-state index contributed by atoms with van der Waals surface area (Å²) < 4.78 is 0. The molecule has 1 aliphatic rings. The Hall–Kier alpha value is -0.960. The van der Waals surface area contributed by atoms with E-state index in [1.54, 1.807) is 0 Å². The van der Waals surface area contributed by atoms with Crippen molar-refractivity contribution in [3.63, 3.8) is 0 Å². The first-order valence-corrected chi connectivity index (χ1v) is 6.06. The molecule has 1 saturated heterocycles. The Labute approximate surface area is 95.4 Å². The lowest BCUT2D eigenvalue weighted by Gasteiger charge is -2.09. The number of nitrogens with zero attached hydrogens (tertiary/aromatic N) is 2. The van der Waals surface area contributed by atoms with E-state index in [-0.39, 0.29) is 0 Å². The van der Waals surface area contributed by atoms with Gasteiger partial charge in [-0.1, -0.05) is 36.4 Å². The number of thioether (sulfide) groups is 1. The van der Waals surface area contributed by atoms with Crippen molar-refractivity contribution in [3.8, 4) is 0 Å². The van der Waals surface area contributed by atoms with Gasteiger partial charge in [-0.25, -0.2) is 4.99 Å². The van der Waals surface area contributed by atoms with Gasteiger partial charge in [0.2, 0.25) is 0 Å². The molecule has 0 aliphatic carbocycles. The van der Waals surface area contributed by atoms with Crippen molar-refractivity contribution in [3.05, 3.63) is 29.8 Å². The molecule has 80 valence electrons.